The second-order valence-corrected chi connectivity index (χ2v) is 8.57. The molecule has 8 heteroatoms. The Morgan fingerprint density at radius 2 is 1.71 bits per heavy atom. The number of carbonyl (C=O) groups excluding carboxylic acids is 3. The maximum atomic E-state index is 13.5. The molecule has 3 aromatic carbocycles. The number of rotatable bonds is 8. The summed E-state index contributed by atoms with van der Waals surface area (Å²) in [6, 6.07) is 18.2. The molecule has 1 saturated heterocycles. The number of hydrogen-bond acceptors (Lipinski definition) is 5. The molecule has 1 fully saturated rings. The van der Waals surface area contributed by atoms with Crippen LogP contribution in [0.15, 0.2) is 60.7 Å². The second-order valence-electron chi connectivity index (χ2n) is 8.57. The van der Waals surface area contributed by atoms with E-state index in [1.807, 2.05) is 55.5 Å². The number of ether oxygens (including phenoxy) is 2. The normalized spacial score (nSPS) is 17.4. The second kappa shape index (κ2) is 9.66. The summed E-state index contributed by atoms with van der Waals surface area (Å²) in [5.41, 5.74) is 0.274. The highest BCUT2D eigenvalue weighted by Crippen LogP contribution is 2.34. The lowest BCUT2D eigenvalue weighted by Crippen LogP contribution is -2.44. The largest absolute Gasteiger partial charge is 0.493 e. The van der Waals surface area contributed by atoms with E-state index in [0.29, 0.717) is 30.2 Å². The molecule has 8 nitrogen and oxygen atoms in total. The molecule has 0 spiro atoms. The number of methoxy groups -OCH3 is 2. The van der Waals surface area contributed by atoms with Gasteiger partial charge in [-0.25, -0.2) is 4.79 Å². The minimum atomic E-state index is -1.27. The lowest BCUT2D eigenvalue weighted by Gasteiger charge is -2.25. The van der Waals surface area contributed by atoms with Gasteiger partial charge < -0.3 is 19.7 Å². The smallest absolute Gasteiger partial charge is 0.325 e. The zero-order chi connectivity index (χ0) is 25.2. The van der Waals surface area contributed by atoms with Gasteiger partial charge in [0.15, 0.2) is 11.5 Å². The van der Waals surface area contributed by atoms with Crippen molar-refractivity contribution in [2.75, 3.05) is 27.3 Å². The minimum absolute atomic E-state index is 0.305. The van der Waals surface area contributed by atoms with Gasteiger partial charge in [-0.05, 0) is 47.9 Å². The molecule has 0 aliphatic carbocycles. The molecular weight excluding hydrogens is 446 g/mol. The average molecular weight is 476 g/mol. The van der Waals surface area contributed by atoms with Crippen LogP contribution in [0, 0.1) is 0 Å². The van der Waals surface area contributed by atoms with E-state index in [1.54, 1.807) is 38.2 Å². The van der Waals surface area contributed by atoms with E-state index < -0.39 is 17.5 Å². The molecule has 1 heterocycles. The molecule has 1 unspecified atom stereocenters. The van der Waals surface area contributed by atoms with Crippen LogP contribution in [0.25, 0.3) is 10.8 Å². The number of carbonyl (C=O) groups is 3. The molecule has 0 aromatic heterocycles. The van der Waals surface area contributed by atoms with Crippen LogP contribution in [-0.4, -0.2) is 55.0 Å². The van der Waals surface area contributed by atoms with Crippen LogP contribution in [0.1, 0.15) is 25.0 Å². The van der Waals surface area contributed by atoms with Gasteiger partial charge in [-0.2, -0.15) is 0 Å². The number of amides is 4. The Bertz CT molecular complexity index is 1290. The van der Waals surface area contributed by atoms with Gasteiger partial charge in [-0.3, -0.25) is 14.5 Å². The van der Waals surface area contributed by atoms with Crippen molar-refractivity contribution in [2.24, 2.45) is 0 Å². The van der Waals surface area contributed by atoms with E-state index in [2.05, 4.69) is 5.32 Å². The van der Waals surface area contributed by atoms with Gasteiger partial charge in [0.1, 0.15) is 12.1 Å². The fraction of sp³-hybridized carbons (Fsp3) is 0.296. The fourth-order valence-corrected chi connectivity index (χ4v) is 4.50. The Morgan fingerprint density at radius 3 is 2.43 bits per heavy atom. The molecule has 4 amide bonds. The molecule has 1 N–H and O–H groups in total. The Hall–Kier alpha value is -4.07. The molecule has 1 aliphatic heterocycles. The third-order valence-corrected chi connectivity index (χ3v) is 6.45. The standard InChI is InChI=1S/C27H29N3O5/c1-5-29(16-18-13-14-22(34-3)23(15-18)35-4)24(31)17-30-25(32)27(2,28-26(30)33)21-12-8-10-19-9-6-7-11-20(19)21/h6-15H,5,16-17H2,1-4H3,(H,28,33). The number of nitrogens with zero attached hydrogens (tertiary/aromatic N) is 2. The van der Waals surface area contributed by atoms with E-state index in [0.717, 1.165) is 21.2 Å². The maximum Gasteiger partial charge on any atom is 0.325 e. The van der Waals surface area contributed by atoms with Crippen molar-refractivity contribution in [3.05, 3.63) is 71.8 Å². The third kappa shape index (κ3) is 4.39. The molecule has 182 valence electrons. The van der Waals surface area contributed by atoms with Gasteiger partial charge in [0.25, 0.3) is 5.91 Å². The van der Waals surface area contributed by atoms with Crippen LogP contribution in [0.3, 0.4) is 0 Å². The molecular formula is C27H29N3O5. The molecule has 35 heavy (non-hydrogen) atoms. The molecule has 0 radical (unpaired) electrons. The lowest BCUT2D eigenvalue weighted by molar-refractivity contribution is -0.139. The van der Waals surface area contributed by atoms with Crippen molar-refractivity contribution in [2.45, 2.75) is 25.9 Å². The minimum Gasteiger partial charge on any atom is -0.493 e. The Morgan fingerprint density at radius 1 is 1.00 bits per heavy atom. The highest BCUT2D eigenvalue weighted by atomic mass is 16.5. The SMILES string of the molecule is CCN(Cc1ccc(OC)c(OC)c1)C(=O)CN1C(=O)NC(C)(c2cccc3ccccc23)C1=O. The van der Waals surface area contributed by atoms with Crippen LogP contribution in [-0.2, 0) is 21.7 Å². The first-order valence-electron chi connectivity index (χ1n) is 11.4. The number of nitrogens with one attached hydrogen (secondary N) is 1. The van der Waals surface area contributed by atoms with E-state index in [9.17, 15) is 14.4 Å². The predicted molar refractivity (Wildman–Crippen MR) is 132 cm³/mol. The summed E-state index contributed by atoms with van der Waals surface area (Å²) < 4.78 is 10.6. The molecule has 1 aliphatic rings. The van der Waals surface area contributed by atoms with E-state index in [1.165, 1.54) is 0 Å². The summed E-state index contributed by atoms with van der Waals surface area (Å²) >= 11 is 0. The van der Waals surface area contributed by atoms with Gasteiger partial charge in [-0.1, -0.05) is 48.5 Å². The number of benzene rings is 3. The average Bonchev–Trinajstić information content (AvgIpc) is 3.10. The third-order valence-electron chi connectivity index (χ3n) is 6.45. The first-order valence-corrected chi connectivity index (χ1v) is 11.4. The van der Waals surface area contributed by atoms with Gasteiger partial charge in [-0.15, -0.1) is 0 Å². The number of fused-ring (bicyclic) bond motifs is 1. The Kier molecular flexibility index (Phi) is 6.64. The zero-order valence-corrected chi connectivity index (χ0v) is 20.3. The summed E-state index contributed by atoms with van der Waals surface area (Å²) in [5.74, 6) is 0.383. The summed E-state index contributed by atoms with van der Waals surface area (Å²) in [4.78, 5) is 42.1. The number of imide groups is 1. The highest BCUT2D eigenvalue weighted by Gasteiger charge is 2.50. The summed E-state index contributed by atoms with van der Waals surface area (Å²) in [7, 11) is 3.11. The summed E-state index contributed by atoms with van der Waals surface area (Å²) in [5, 5.41) is 4.66. The summed E-state index contributed by atoms with van der Waals surface area (Å²) in [6.07, 6.45) is 0. The first kappa shape index (κ1) is 24.1. The van der Waals surface area contributed by atoms with Crippen molar-refractivity contribution in [1.82, 2.24) is 15.1 Å². The maximum absolute atomic E-state index is 13.5. The number of likely N-dealkylation sites (N-methyl/N-ethyl adjacent to an activating group) is 1. The Labute approximate surface area is 204 Å². The quantitative estimate of drug-likeness (QED) is 0.502. The lowest BCUT2D eigenvalue weighted by atomic mass is 9.88. The van der Waals surface area contributed by atoms with Crippen molar-refractivity contribution in [3.8, 4) is 11.5 Å². The van der Waals surface area contributed by atoms with E-state index >= 15 is 0 Å². The van der Waals surface area contributed by atoms with Crippen molar-refractivity contribution < 1.29 is 23.9 Å². The van der Waals surface area contributed by atoms with Gasteiger partial charge >= 0.3 is 6.03 Å². The molecule has 0 saturated carbocycles. The Balaban J connectivity index is 1.54. The first-order chi connectivity index (χ1) is 16.8. The van der Waals surface area contributed by atoms with Gasteiger partial charge in [0, 0.05) is 13.1 Å². The van der Waals surface area contributed by atoms with Crippen LogP contribution in [0.2, 0.25) is 0 Å². The highest BCUT2D eigenvalue weighted by molar-refractivity contribution is 6.10. The predicted octanol–water partition coefficient (Wildman–Crippen LogP) is 3.67. The monoisotopic (exact) mass is 475 g/mol. The number of urea groups is 1. The molecule has 1 atom stereocenters. The van der Waals surface area contributed by atoms with Crippen LogP contribution >= 0.6 is 0 Å². The van der Waals surface area contributed by atoms with Crippen molar-refractivity contribution >= 4 is 28.6 Å². The number of hydrogen-bond donors (Lipinski definition) is 1. The summed E-state index contributed by atoms with van der Waals surface area (Å²) in [6.45, 7) is 3.91. The van der Waals surface area contributed by atoms with Crippen LogP contribution in [0.5, 0.6) is 11.5 Å². The van der Waals surface area contributed by atoms with Crippen LogP contribution < -0.4 is 14.8 Å². The molecule has 4 rings (SSSR count). The van der Waals surface area contributed by atoms with Crippen LogP contribution in [0.4, 0.5) is 4.79 Å². The van der Waals surface area contributed by atoms with Crippen molar-refractivity contribution in [3.63, 3.8) is 0 Å². The topological polar surface area (TPSA) is 88.2 Å². The van der Waals surface area contributed by atoms with Gasteiger partial charge in [0.05, 0.1) is 14.2 Å². The molecule has 0 bridgehead atoms. The van der Waals surface area contributed by atoms with Gasteiger partial charge in [0.2, 0.25) is 5.91 Å². The fourth-order valence-electron chi connectivity index (χ4n) is 4.50. The van der Waals surface area contributed by atoms with E-state index in [-0.39, 0.29) is 12.5 Å². The van der Waals surface area contributed by atoms with E-state index in [4.69, 9.17) is 9.47 Å². The van der Waals surface area contributed by atoms with Crippen molar-refractivity contribution in [1.29, 1.82) is 0 Å². The molecule has 3 aromatic rings. The zero-order valence-electron chi connectivity index (χ0n) is 20.3.